The van der Waals surface area contributed by atoms with E-state index in [1.807, 2.05) is 19.9 Å². The number of nitrogen functional groups attached to an aromatic ring is 1. The van der Waals surface area contributed by atoms with Crippen molar-refractivity contribution in [3.05, 3.63) is 23.8 Å². The second-order valence-corrected chi connectivity index (χ2v) is 3.74. The predicted molar refractivity (Wildman–Crippen MR) is 67.2 cm³/mol. The lowest BCUT2D eigenvalue weighted by atomic mass is 10.00. The topological polar surface area (TPSA) is 72.6 Å². The number of benzene rings is 1. The fourth-order valence-electron chi connectivity index (χ4n) is 1.80. The molecule has 1 atom stereocenters. The molecular weight excluding hydrogens is 218 g/mol. The van der Waals surface area contributed by atoms with Crippen LogP contribution in [0, 0.1) is 0 Å². The maximum atomic E-state index is 10.5. The van der Waals surface area contributed by atoms with Gasteiger partial charge in [0.15, 0.2) is 0 Å². The van der Waals surface area contributed by atoms with Gasteiger partial charge in [0.05, 0.1) is 6.42 Å². The molecule has 0 aliphatic carbocycles. The number of ether oxygens (including phenoxy) is 1. The van der Waals surface area contributed by atoms with Crippen LogP contribution in [0.4, 0.5) is 5.69 Å². The lowest BCUT2D eigenvalue weighted by molar-refractivity contribution is -0.139. The van der Waals surface area contributed by atoms with Crippen LogP contribution in [0.25, 0.3) is 0 Å². The molecule has 1 aromatic rings. The molecule has 1 aliphatic heterocycles. The molecule has 1 heterocycles. The third-order valence-corrected chi connectivity index (χ3v) is 2.52. The van der Waals surface area contributed by atoms with Crippen molar-refractivity contribution in [2.75, 3.05) is 5.73 Å². The summed E-state index contributed by atoms with van der Waals surface area (Å²) in [5, 5.41) is 8.66. The molecule has 4 heteroatoms. The number of aliphatic carboxylic acids is 1. The Balaban J connectivity index is 0.000000686. The molecule has 0 radical (unpaired) electrons. The number of aryl methyl sites for hydroxylation is 1. The average molecular weight is 237 g/mol. The number of anilines is 1. The van der Waals surface area contributed by atoms with Gasteiger partial charge >= 0.3 is 5.97 Å². The predicted octanol–water partition coefficient (Wildman–Crippen LogP) is 2.46. The SMILES string of the molecule is CC.Nc1ccc2c(c1)CCC(CC(=O)O)O2. The van der Waals surface area contributed by atoms with Crippen molar-refractivity contribution in [3.63, 3.8) is 0 Å². The van der Waals surface area contributed by atoms with Gasteiger partial charge in [-0.05, 0) is 36.6 Å². The standard InChI is InChI=1S/C11H13NO3.C2H6/c12-8-2-4-10-7(5-8)1-3-9(15-10)6-11(13)14;1-2/h2,4-5,9H,1,3,6,12H2,(H,13,14);1-2H3. The molecule has 1 unspecified atom stereocenters. The Morgan fingerprint density at radius 2 is 2.24 bits per heavy atom. The van der Waals surface area contributed by atoms with Gasteiger partial charge in [0.1, 0.15) is 11.9 Å². The number of hydrogen-bond donors (Lipinski definition) is 2. The molecule has 0 spiro atoms. The summed E-state index contributed by atoms with van der Waals surface area (Å²) >= 11 is 0. The second-order valence-electron chi connectivity index (χ2n) is 3.74. The quantitative estimate of drug-likeness (QED) is 0.775. The second kappa shape index (κ2) is 6.13. The van der Waals surface area contributed by atoms with E-state index in [9.17, 15) is 4.79 Å². The van der Waals surface area contributed by atoms with Crippen LogP contribution in [-0.4, -0.2) is 17.2 Å². The molecule has 1 aliphatic rings. The minimum absolute atomic E-state index is 0.0593. The van der Waals surface area contributed by atoms with Gasteiger partial charge in [-0.1, -0.05) is 13.8 Å². The number of rotatable bonds is 2. The summed E-state index contributed by atoms with van der Waals surface area (Å²) in [5.74, 6) is -0.0550. The molecule has 0 amide bonds. The minimum atomic E-state index is -0.820. The average Bonchev–Trinajstić information content (AvgIpc) is 2.31. The molecule has 0 aromatic heterocycles. The number of fused-ring (bicyclic) bond motifs is 1. The van der Waals surface area contributed by atoms with E-state index in [1.165, 1.54) is 0 Å². The fraction of sp³-hybridized carbons (Fsp3) is 0.462. The molecule has 0 saturated heterocycles. The first-order chi connectivity index (χ1) is 8.15. The highest BCUT2D eigenvalue weighted by atomic mass is 16.5. The first-order valence-corrected chi connectivity index (χ1v) is 5.92. The summed E-state index contributed by atoms with van der Waals surface area (Å²) in [6.07, 6.45) is 1.42. The van der Waals surface area contributed by atoms with Crippen molar-refractivity contribution in [1.82, 2.24) is 0 Å². The van der Waals surface area contributed by atoms with E-state index in [-0.39, 0.29) is 12.5 Å². The van der Waals surface area contributed by atoms with Crippen molar-refractivity contribution in [3.8, 4) is 5.75 Å². The van der Waals surface area contributed by atoms with Gasteiger partial charge in [-0.15, -0.1) is 0 Å². The summed E-state index contributed by atoms with van der Waals surface area (Å²) in [6.45, 7) is 4.00. The first-order valence-electron chi connectivity index (χ1n) is 5.92. The number of carbonyl (C=O) groups is 1. The first kappa shape index (κ1) is 13.4. The zero-order chi connectivity index (χ0) is 12.8. The third kappa shape index (κ3) is 3.66. The van der Waals surface area contributed by atoms with Crippen LogP contribution in [0.2, 0.25) is 0 Å². The van der Waals surface area contributed by atoms with Crippen LogP contribution >= 0.6 is 0 Å². The monoisotopic (exact) mass is 237 g/mol. The maximum Gasteiger partial charge on any atom is 0.307 e. The number of carboxylic acids is 1. The minimum Gasteiger partial charge on any atom is -0.490 e. The van der Waals surface area contributed by atoms with Crippen LogP contribution in [-0.2, 0) is 11.2 Å². The molecule has 0 saturated carbocycles. The molecule has 94 valence electrons. The molecule has 17 heavy (non-hydrogen) atoms. The fourth-order valence-corrected chi connectivity index (χ4v) is 1.80. The highest BCUT2D eigenvalue weighted by Crippen LogP contribution is 2.30. The van der Waals surface area contributed by atoms with Gasteiger partial charge in [0.25, 0.3) is 0 Å². The molecule has 1 aromatic carbocycles. The molecule has 3 N–H and O–H groups in total. The van der Waals surface area contributed by atoms with E-state index in [4.69, 9.17) is 15.6 Å². The van der Waals surface area contributed by atoms with Gasteiger partial charge in [-0.25, -0.2) is 0 Å². The van der Waals surface area contributed by atoms with E-state index in [2.05, 4.69) is 0 Å². The third-order valence-electron chi connectivity index (χ3n) is 2.52. The molecule has 4 nitrogen and oxygen atoms in total. The number of nitrogens with two attached hydrogens (primary N) is 1. The van der Waals surface area contributed by atoms with Crippen LogP contribution in [0.1, 0.15) is 32.3 Å². The Morgan fingerprint density at radius 3 is 2.88 bits per heavy atom. The van der Waals surface area contributed by atoms with E-state index in [0.717, 1.165) is 24.2 Å². The van der Waals surface area contributed by atoms with Gasteiger partial charge in [0, 0.05) is 5.69 Å². The Bertz CT molecular complexity index is 390. The van der Waals surface area contributed by atoms with Crippen molar-refractivity contribution >= 4 is 11.7 Å². The van der Waals surface area contributed by atoms with Crippen molar-refractivity contribution in [2.24, 2.45) is 0 Å². The van der Waals surface area contributed by atoms with Gasteiger partial charge < -0.3 is 15.6 Å². The highest BCUT2D eigenvalue weighted by Gasteiger charge is 2.21. The van der Waals surface area contributed by atoms with Crippen LogP contribution in [0.15, 0.2) is 18.2 Å². The van der Waals surface area contributed by atoms with Gasteiger partial charge in [-0.3, -0.25) is 4.79 Å². The van der Waals surface area contributed by atoms with E-state index in [0.29, 0.717) is 5.69 Å². The van der Waals surface area contributed by atoms with Crippen molar-refractivity contribution < 1.29 is 14.6 Å². The molecule has 0 fully saturated rings. The summed E-state index contributed by atoms with van der Waals surface area (Å²) in [5.41, 5.74) is 7.43. The highest BCUT2D eigenvalue weighted by molar-refractivity contribution is 5.67. The Kier molecular flexibility index (Phi) is 4.82. The molecular formula is C13H19NO3. The summed E-state index contributed by atoms with van der Waals surface area (Å²) in [7, 11) is 0. The van der Waals surface area contributed by atoms with E-state index >= 15 is 0 Å². The van der Waals surface area contributed by atoms with Crippen molar-refractivity contribution in [2.45, 2.75) is 39.2 Å². The van der Waals surface area contributed by atoms with Gasteiger partial charge in [0.2, 0.25) is 0 Å². The zero-order valence-corrected chi connectivity index (χ0v) is 10.3. The van der Waals surface area contributed by atoms with Gasteiger partial charge in [-0.2, -0.15) is 0 Å². The largest absolute Gasteiger partial charge is 0.490 e. The lowest BCUT2D eigenvalue weighted by Gasteiger charge is -2.25. The Morgan fingerprint density at radius 1 is 1.53 bits per heavy atom. The Hall–Kier alpha value is -1.71. The smallest absolute Gasteiger partial charge is 0.307 e. The normalized spacial score (nSPS) is 17.2. The number of carboxylic acid groups (broad SMARTS) is 1. The number of hydrogen-bond acceptors (Lipinski definition) is 3. The van der Waals surface area contributed by atoms with Crippen molar-refractivity contribution in [1.29, 1.82) is 0 Å². The van der Waals surface area contributed by atoms with E-state index < -0.39 is 5.97 Å². The lowest BCUT2D eigenvalue weighted by Crippen LogP contribution is -2.25. The maximum absolute atomic E-state index is 10.5. The van der Waals surface area contributed by atoms with E-state index in [1.54, 1.807) is 12.1 Å². The summed E-state index contributed by atoms with van der Waals surface area (Å²) in [4.78, 5) is 10.5. The summed E-state index contributed by atoms with van der Waals surface area (Å²) < 4.78 is 5.56. The van der Waals surface area contributed by atoms with Crippen LogP contribution < -0.4 is 10.5 Å². The zero-order valence-electron chi connectivity index (χ0n) is 10.3. The summed E-state index contributed by atoms with van der Waals surface area (Å²) in [6, 6.07) is 5.45. The van der Waals surface area contributed by atoms with Crippen LogP contribution in [0.3, 0.4) is 0 Å². The molecule has 2 rings (SSSR count). The van der Waals surface area contributed by atoms with Crippen LogP contribution in [0.5, 0.6) is 5.75 Å². The molecule has 0 bridgehead atoms. The Labute approximate surface area is 101 Å².